The number of hydrogen-bond donors (Lipinski definition) is 2. The third kappa shape index (κ3) is 4.39. The quantitative estimate of drug-likeness (QED) is 0.795. The van der Waals surface area contributed by atoms with Crippen LogP contribution < -0.4 is 4.74 Å². The van der Waals surface area contributed by atoms with Crippen molar-refractivity contribution in [1.82, 2.24) is 4.90 Å². The van der Waals surface area contributed by atoms with Crippen LogP contribution in [-0.4, -0.2) is 47.4 Å². The summed E-state index contributed by atoms with van der Waals surface area (Å²) in [5.41, 5.74) is 1.78. The molecule has 0 aromatic heterocycles. The largest absolute Gasteiger partial charge is 0.491 e. The van der Waals surface area contributed by atoms with E-state index in [2.05, 4.69) is 4.90 Å². The van der Waals surface area contributed by atoms with Crippen LogP contribution in [0.25, 0.3) is 0 Å². The second-order valence-corrected chi connectivity index (χ2v) is 6.52. The van der Waals surface area contributed by atoms with Gasteiger partial charge in [-0.2, -0.15) is 0 Å². The molecule has 0 amide bonds. The van der Waals surface area contributed by atoms with Crippen molar-refractivity contribution in [2.45, 2.75) is 12.5 Å². The minimum absolute atomic E-state index is 0.0342. The number of aliphatic hydroxyl groups excluding tert-OH is 1. The Labute approximate surface area is 151 Å². The van der Waals surface area contributed by atoms with Crippen LogP contribution in [0.2, 0.25) is 0 Å². The van der Waals surface area contributed by atoms with E-state index in [1.54, 1.807) is 12.1 Å². The maximum atomic E-state index is 13.5. The Kier molecular flexibility index (Phi) is 5.85. The first-order chi connectivity index (χ1) is 12.6. The number of ether oxygens (including phenoxy) is 1. The molecule has 2 N–H and O–H groups in total. The van der Waals surface area contributed by atoms with Crippen molar-refractivity contribution in [3.05, 3.63) is 65.5 Å². The fraction of sp³-hybridized carbons (Fsp3) is 0.350. The van der Waals surface area contributed by atoms with Crippen molar-refractivity contribution in [1.29, 1.82) is 0 Å². The standard InChI is InChI=1S/C20H22FNO4/c21-16-3-1-2-15(10-16)18-12-22(13-19(18)20(24)25)11-14-4-6-17(7-5-14)26-9-8-23/h1-7,10,18-19,23H,8-9,11-13H2,(H,24,25). The molecule has 2 atom stereocenters. The van der Waals surface area contributed by atoms with Gasteiger partial charge in [-0.25, -0.2) is 4.39 Å². The van der Waals surface area contributed by atoms with Gasteiger partial charge in [-0.15, -0.1) is 0 Å². The monoisotopic (exact) mass is 359 g/mol. The van der Waals surface area contributed by atoms with E-state index in [4.69, 9.17) is 9.84 Å². The van der Waals surface area contributed by atoms with Gasteiger partial charge in [0, 0.05) is 25.6 Å². The molecule has 3 rings (SSSR count). The highest BCUT2D eigenvalue weighted by molar-refractivity contribution is 5.72. The van der Waals surface area contributed by atoms with Gasteiger partial charge in [0.15, 0.2) is 0 Å². The molecule has 26 heavy (non-hydrogen) atoms. The van der Waals surface area contributed by atoms with Gasteiger partial charge in [-0.1, -0.05) is 24.3 Å². The number of nitrogens with zero attached hydrogens (tertiary/aromatic N) is 1. The molecule has 1 heterocycles. The molecule has 2 unspecified atom stereocenters. The first-order valence-electron chi connectivity index (χ1n) is 8.60. The fourth-order valence-electron chi connectivity index (χ4n) is 3.45. The van der Waals surface area contributed by atoms with E-state index in [0.29, 0.717) is 25.4 Å². The number of rotatable bonds is 7. The lowest BCUT2D eigenvalue weighted by Gasteiger charge is -2.16. The molecule has 0 aliphatic carbocycles. The highest BCUT2D eigenvalue weighted by Gasteiger charge is 2.38. The van der Waals surface area contributed by atoms with Crippen molar-refractivity contribution in [2.24, 2.45) is 5.92 Å². The molecule has 2 aromatic carbocycles. The summed E-state index contributed by atoms with van der Waals surface area (Å²) in [6, 6.07) is 13.7. The van der Waals surface area contributed by atoms with Crippen LogP contribution in [0.3, 0.4) is 0 Å². The molecule has 0 spiro atoms. The Bertz CT molecular complexity index is 750. The molecule has 1 aliphatic heterocycles. The van der Waals surface area contributed by atoms with Crippen molar-refractivity contribution < 1.29 is 24.1 Å². The molecule has 1 fully saturated rings. The van der Waals surface area contributed by atoms with Crippen molar-refractivity contribution >= 4 is 5.97 Å². The Morgan fingerprint density at radius 1 is 1.19 bits per heavy atom. The maximum Gasteiger partial charge on any atom is 0.308 e. The minimum Gasteiger partial charge on any atom is -0.491 e. The molecule has 5 nitrogen and oxygen atoms in total. The maximum absolute atomic E-state index is 13.5. The van der Waals surface area contributed by atoms with E-state index in [-0.39, 0.29) is 24.9 Å². The summed E-state index contributed by atoms with van der Waals surface area (Å²) in [5.74, 6) is -1.29. The topological polar surface area (TPSA) is 70.0 Å². The van der Waals surface area contributed by atoms with Gasteiger partial charge >= 0.3 is 5.97 Å². The first-order valence-corrected chi connectivity index (χ1v) is 8.60. The zero-order chi connectivity index (χ0) is 18.5. The molecular formula is C20H22FNO4. The molecule has 0 radical (unpaired) electrons. The highest BCUT2D eigenvalue weighted by Crippen LogP contribution is 2.34. The van der Waals surface area contributed by atoms with Gasteiger partial charge in [0.2, 0.25) is 0 Å². The average Bonchev–Trinajstić information content (AvgIpc) is 3.05. The number of carboxylic acid groups (broad SMARTS) is 1. The van der Waals surface area contributed by atoms with Crippen LogP contribution in [0.5, 0.6) is 5.75 Å². The summed E-state index contributed by atoms with van der Waals surface area (Å²) in [7, 11) is 0. The van der Waals surface area contributed by atoms with Crippen molar-refractivity contribution in [3.8, 4) is 5.75 Å². The summed E-state index contributed by atoms with van der Waals surface area (Å²) < 4.78 is 18.9. The summed E-state index contributed by atoms with van der Waals surface area (Å²) >= 11 is 0. The van der Waals surface area contributed by atoms with E-state index >= 15 is 0 Å². The Morgan fingerprint density at radius 3 is 2.62 bits per heavy atom. The number of benzene rings is 2. The van der Waals surface area contributed by atoms with Gasteiger partial charge in [-0.05, 0) is 35.4 Å². The molecule has 0 bridgehead atoms. The lowest BCUT2D eigenvalue weighted by molar-refractivity contribution is -0.141. The van der Waals surface area contributed by atoms with Gasteiger partial charge < -0.3 is 14.9 Å². The number of carboxylic acids is 1. The molecule has 6 heteroatoms. The Balaban J connectivity index is 1.69. The summed E-state index contributed by atoms with van der Waals surface area (Å²) in [4.78, 5) is 13.7. The molecule has 1 aliphatic rings. The van der Waals surface area contributed by atoms with Gasteiger partial charge in [0.25, 0.3) is 0 Å². The molecule has 2 aromatic rings. The van der Waals surface area contributed by atoms with Gasteiger partial charge in [-0.3, -0.25) is 9.69 Å². The van der Waals surface area contributed by atoms with E-state index < -0.39 is 11.9 Å². The van der Waals surface area contributed by atoms with Crippen LogP contribution in [0.4, 0.5) is 4.39 Å². The van der Waals surface area contributed by atoms with Crippen molar-refractivity contribution in [3.63, 3.8) is 0 Å². The molecular weight excluding hydrogens is 337 g/mol. The summed E-state index contributed by atoms with van der Waals surface area (Å²) in [6.45, 7) is 1.84. The summed E-state index contributed by atoms with van der Waals surface area (Å²) in [6.07, 6.45) is 0. The second-order valence-electron chi connectivity index (χ2n) is 6.52. The van der Waals surface area contributed by atoms with Crippen LogP contribution >= 0.6 is 0 Å². The summed E-state index contributed by atoms with van der Waals surface area (Å²) in [5, 5.41) is 18.3. The number of likely N-dealkylation sites (tertiary alicyclic amines) is 1. The van der Waals surface area contributed by atoms with Gasteiger partial charge in [0.05, 0.1) is 12.5 Å². The van der Waals surface area contributed by atoms with Crippen LogP contribution in [0.1, 0.15) is 17.0 Å². The second kappa shape index (κ2) is 8.29. The predicted molar refractivity (Wildman–Crippen MR) is 94.6 cm³/mol. The normalized spacial score (nSPS) is 20.2. The SMILES string of the molecule is O=C(O)C1CN(Cc2ccc(OCCO)cc2)CC1c1cccc(F)c1. The Hall–Kier alpha value is -2.44. The van der Waals surface area contributed by atoms with Crippen LogP contribution in [0, 0.1) is 11.7 Å². The molecule has 138 valence electrons. The predicted octanol–water partition coefficient (Wildman–Crippen LogP) is 2.50. The highest BCUT2D eigenvalue weighted by atomic mass is 19.1. The smallest absolute Gasteiger partial charge is 0.308 e. The third-order valence-corrected chi connectivity index (χ3v) is 4.68. The van der Waals surface area contributed by atoms with E-state index in [9.17, 15) is 14.3 Å². The number of halogens is 1. The molecule has 1 saturated heterocycles. The Morgan fingerprint density at radius 2 is 1.96 bits per heavy atom. The van der Waals surface area contributed by atoms with E-state index in [1.165, 1.54) is 12.1 Å². The minimum atomic E-state index is -0.852. The van der Waals surface area contributed by atoms with E-state index in [0.717, 1.165) is 11.1 Å². The number of aliphatic hydroxyl groups is 1. The van der Waals surface area contributed by atoms with Crippen molar-refractivity contribution in [2.75, 3.05) is 26.3 Å². The average molecular weight is 359 g/mol. The zero-order valence-electron chi connectivity index (χ0n) is 14.3. The van der Waals surface area contributed by atoms with Crippen LogP contribution in [0.15, 0.2) is 48.5 Å². The molecule has 0 saturated carbocycles. The number of carbonyl (C=O) groups is 1. The lowest BCUT2D eigenvalue weighted by atomic mass is 9.89. The lowest BCUT2D eigenvalue weighted by Crippen LogP contribution is -2.23. The third-order valence-electron chi connectivity index (χ3n) is 4.68. The fourth-order valence-corrected chi connectivity index (χ4v) is 3.45. The van der Waals surface area contributed by atoms with Gasteiger partial charge in [0.1, 0.15) is 18.2 Å². The van der Waals surface area contributed by atoms with E-state index in [1.807, 2.05) is 24.3 Å². The zero-order valence-corrected chi connectivity index (χ0v) is 14.3. The van der Waals surface area contributed by atoms with Crippen LogP contribution in [-0.2, 0) is 11.3 Å². The number of hydrogen-bond acceptors (Lipinski definition) is 4. The number of aliphatic carboxylic acids is 1. The first kappa shape index (κ1) is 18.4.